The highest BCUT2D eigenvalue weighted by atomic mass is 16.5. The Labute approximate surface area is 128 Å². The molecule has 2 fully saturated rings. The first-order valence-electron chi connectivity index (χ1n) is 8.46. The van der Waals surface area contributed by atoms with Crippen molar-refractivity contribution < 1.29 is 4.74 Å². The van der Waals surface area contributed by atoms with Crippen molar-refractivity contribution in [1.29, 1.82) is 0 Å². The van der Waals surface area contributed by atoms with E-state index in [0.717, 1.165) is 44.2 Å². The standard InChI is InChI=1S/C18H28N2O/c1-14-12-17(20-10-8-16(19)9-11-20)6-7-18(14)21-13-15-4-2-3-5-15/h6-7,12,15-16H,2-5,8-11,13,19H2,1H3. The van der Waals surface area contributed by atoms with Gasteiger partial charge in [-0.3, -0.25) is 0 Å². The molecule has 1 aromatic carbocycles. The lowest BCUT2D eigenvalue weighted by Crippen LogP contribution is -2.39. The average Bonchev–Trinajstić information content (AvgIpc) is 3.00. The first-order valence-corrected chi connectivity index (χ1v) is 8.46. The van der Waals surface area contributed by atoms with Crippen LogP contribution in [0.5, 0.6) is 5.75 Å². The first-order chi connectivity index (χ1) is 10.2. The fourth-order valence-electron chi connectivity index (χ4n) is 3.53. The largest absolute Gasteiger partial charge is 0.493 e. The number of nitrogens with two attached hydrogens (primary N) is 1. The van der Waals surface area contributed by atoms with Crippen LogP contribution in [0.4, 0.5) is 5.69 Å². The highest BCUT2D eigenvalue weighted by Gasteiger charge is 2.18. The second kappa shape index (κ2) is 6.69. The van der Waals surface area contributed by atoms with Crippen LogP contribution in [0.25, 0.3) is 0 Å². The van der Waals surface area contributed by atoms with Gasteiger partial charge in [-0.2, -0.15) is 0 Å². The summed E-state index contributed by atoms with van der Waals surface area (Å²) in [4.78, 5) is 2.44. The molecule has 3 heteroatoms. The molecule has 2 N–H and O–H groups in total. The van der Waals surface area contributed by atoms with Crippen molar-refractivity contribution >= 4 is 5.69 Å². The molecule has 21 heavy (non-hydrogen) atoms. The van der Waals surface area contributed by atoms with E-state index in [1.54, 1.807) is 0 Å². The molecule has 116 valence electrons. The zero-order valence-corrected chi connectivity index (χ0v) is 13.2. The molecule has 1 aliphatic heterocycles. The minimum absolute atomic E-state index is 0.386. The van der Waals surface area contributed by atoms with Gasteiger partial charge in [0.2, 0.25) is 0 Å². The highest BCUT2D eigenvalue weighted by Crippen LogP contribution is 2.29. The second-order valence-corrected chi connectivity index (χ2v) is 6.74. The predicted molar refractivity (Wildman–Crippen MR) is 88.1 cm³/mol. The monoisotopic (exact) mass is 288 g/mol. The van der Waals surface area contributed by atoms with E-state index in [9.17, 15) is 0 Å². The summed E-state index contributed by atoms with van der Waals surface area (Å²) in [7, 11) is 0. The van der Waals surface area contributed by atoms with Gasteiger partial charge in [-0.15, -0.1) is 0 Å². The zero-order valence-electron chi connectivity index (χ0n) is 13.2. The maximum atomic E-state index is 6.04. The number of aryl methyl sites for hydroxylation is 1. The predicted octanol–water partition coefficient (Wildman–Crippen LogP) is 3.49. The van der Waals surface area contributed by atoms with Crippen molar-refractivity contribution in [2.45, 2.75) is 51.5 Å². The summed E-state index contributed by atoms with van der Waals surface area (Å²) in [5.74, 6) is 1.83. The third-order valence-electron chi connectivity index (χ3n) is 5.01. The summed E-state index contributed by atoms with van der Waals surface area (Å²) < 4.78 is 6.04. The Balaban J connectivity index is 1.59. The molecule has 1 aliphatic carbocycles. The van der Waals surface area contributed by atoms with Crippen LogP contribution in [0.3, 0.4) is 0 Å². The molecule has 0 radical (unpaired) electrons. The lowest BCUT2D eigenvalue weighted by Gasteiger charge is -2.32. The van der Waals surface area contributed by atoms with Crippen molar-refractivity contribution in [2.75, 3.05) is 24.6 Å². The Kier molecular flexibility index (Phi) is 4.69. The summed E-state index contributed by atoms with van der Waals surface area (Å²) in [5, 5.41) is 0. The van der Waals surface area contributed by atoms with Gasteiger partial charge in [0.15, 0.2) is 0 Å². The first kappa shape index (κ1) is 14.7. The molecule has 3 nitrogen and oxygen atoms in total. The van der Waals surface area contributed by atoms with Crippen molar-refractivity contribution in [3.05, 3.63) is 23.8 Å². The van der Waals surface area contributed by atoms with E-state index in [-0.39, 0.29) is 0 Å². The normalized spacial score (nSPS) is 21.0. The smallest absolute Gasteiger partial charge is 0.122 e. The minimum Gasteiger partial charge on any atom is -0.493 e. The van der Waals surface area contributed by atoms with Gasteiger partial charge >= 0.3 is 0 Å². The summed E-state index contributed by atoms with van der Waals surface area (Å²) in [6, 6.07) is 7.00. The third-order valence-corrected chi connectivity index (χ3v) is 5.01. The molecular formula is C18H28N2O. The van der Waals surface area contributed by atoms with E-state index in [2.05, 4.69) is 30.0 Å². The number of benzene rings is 1. The topological polar surface area (TPSA) is 38.5 Å². The fourth-order valence-corrected chi connectivity index (χ4v) is 3.53. The van der Waals surface area contributed by atoms with E-state index < -0.39 is 0 Å². The number of hydrogen-bond donors (Lipinski definition) is 1. The van der Waals surface area contributed by atoms with Crippen molar-refractivity contribution in [3.63, 3.8) is 0 Å². The van der Waals surface area contributed by atoms with Gasteiger partial charge in [-0.25, -0.2) is 0 Å². The molecule has 0 bridgehead atoms. The number of piperidine rings is 1. The van der Waals surface area contributed by atoms with Gasteiger partial charge in [0.05, 0.1) is 6.61 Å². The molecule has 1 saturated carbocycles. The molecule has 1 aromatic rings. The zero-order chi connectivity index (χ0) is 14.7. The Morgan fingerprint density at radius 1 is 1.14 bits per heavy atom. The van der Waals surface area contributed by atoms with Gasteiger partial charge in [-0.05, 0) is 62.3 Å². The summed E-state index contributed by atoms with van der Waals surface area (Å²) in [6.07, 6.45) is 7.63. The van der Waals surface area contributed by atoms with Crippen LogP contribution in [0.1, 0.15) is 44.1 Å². The number of hydrogen-bond acceptors (Lipinski definition) is 3. The molecule has 1 heterocycles. The van der Waals surface area contributed by atoms with Gasteiger partial charge < -0.3 is 15.4 Å². The minimum atomic E-state index is 0.386. The van der Waals surface area contributed by atoms with Crippen molar-refractivity contribution in [1.82, 2.24) is 0 Å². The Hall–Kier alpha value is -1.22. The number of nitrogens with zero attached hydrogens (tertiary/aromatic N) is 1. The van der Waals surface area contributed by atoms with Crippen LogP contribution in [0.2, 0.25) is 0 Å². The molecule has 0 amide bonds. The third kappa shape index (κ3) is 3.70. The molecule has 0 aromatic heterocycles. The van der Waals surface area contributed by atoms with Gasteiger partial charge in [0, 0.05) is 24.8 Å². The van der Waals surface area contributed by atoms with Crippen LogP contribution < -0.4 is 15.4 Å². The maximum absolute atomic E-state index is 6.04. The van der Waals surface area contributed by atoms with Gasteiger partial charge in [0.1, 0.15) is 5.75 Å². The van der Waals surface area contributed by atoms with Gasteiger partial charge in [-0.1, -0.05) is 12.8 Å². The van der Waals surface area contributed by atoms with Crippen molar-refractivity contribution in [3.8, 4) is 5.75 Å². The molecule has 0 atom stereocenters. The van der Waals surface area contributed by atoms with Crippen LogP contribution in [-0.4, -0.2) is 25.7 Å². The SMILES string of the molecule is Cc1cc(N2CCC(N)CC2)ccc1OCC1CCCC1. The molecule has 2 aliphatic rings. The van der Waals surface area contributed by atoms with E-state index in [1.807, 2.05) is 0 Å². The number of anilines is 1. The maximum Gasteiger partial charge on any atom is 0.122 e. The lowest BCUT2D eigenvalue weighted by molar-refractivity contribution is 0.251. The van der Waals surface area contributed by atoms with Crippen LogP contribution >= 0.6 is 0 Å². The molecule has 0 spiro atoms. The Bertz CT molecular complexity index is 460. The van der Waals surface area contributed by atoms with Crippen LogP contribution in [0.15, 0.2) is 18.2 Å². The lowest BCUT2D eigenvalue weighted by atomic mass is 10.0. The van der Waals surface area contributed by atoms with E-state index in [1.165, 1.54) is 36.9 Å². The molecular weight excluding hydrogens is 260 g/mol. The van der Waals surface area contributed by atoms with Crippen LogP contribution in [0, 0.1) is 12.8 Å². The van der Waals surface area contributed by atoms with Crippen LogP contribution in [-0.2, 0) is 0 Å². The van der Waals surface area contributed by atoms with E-state index >= 15 is 0 Å². The average molecular weight is 288 g/mol. The fraction of sp³-hybridized carbons (Fsp3) is 0.667. The highest BCUT2D eigenvalue weighted by molar-refractivity contribution is 5.53. The number of rotatable bonds is 4. The van der Waals surface area contributed by atoms with E-state index in [4.69, 9.17) is 10.5 Å². The molecule has 3 rings (SSSR count). The molecule has 0 unspecified atom stereocenters. The van der Waals surface area contributed by atoms with Crippen molar-refractivity contribution in [2.24, 2.45) is 11.7 Å². The summed E-state index contributed by atoms with van der Waals surface area (Å²) >= 11 is 0. The number of ether oxygens (including phenoxy) is 1. The molecule has 1 saturated heterocycles. The summed E-state index contributed by atoms with van der Waals surface area (Å²) in [5.41, 5.74) is 8.54. The Morgan fingerprint density at radius 3 is 2.52 bits per heavy atom. The second-order valence-electron chi connectivity index (χ2n) is 6.74. The summed E-state index contributed by atoms with van der Waals surface area (Å²) in [6.45, 7) is 5.19. The Morgan fingerprint density at radius 2 is 1.86 bits per heavy atom. The van der Waals surface area contributed by atoms with E-state index in [0.29, 0.717) is 6.04 Å². The quantitative estimate of drug-likeness (QED) is 0.921. The van der Waals surface area contributed by atoms with Gasteiger partial charge in [0.25, 0.3) is 0 Å².